The summed E-state index contributed by atoms with van der Waals surface area (Å²) in [6, 6.07) is 9.17. The van der Waals surface area contributed by atoms with E-state index < -0.39 is 6.16 Å². The molecule has 0 saturated carbocycles. The highest BCUT2D eigenvalue weighted by Crippen LogP contribution is 2.31. The molecule has 0 fully saturated rings. The molecule has 0 aliphatic heterocycles. The fourth-order valence-electron chi connectivity index (χ4n) is 1.92. The third-order valence-electron chi connectivity index (χ3n) is 3.36. The van der Waals surface area contributed by atoms with Crippen LogP contribution in [0.15, 0.2) is 30.3 Å². The highest BCUT2D eigenvalue weighted by molar-refractivity contribution is 14.1. The number of hydrogen-bond donors (Lipinski definition) is 0. The summed E-state index contributed by atoms with van der Waals surface area (Å²) in [5.74, 6) is 1.00. The molecule has 0 saturated heterocycles. The zero-order valence-electron chi connectivity index (χ0n) is 13.0. The first-order valence-electron chi connectivity index (χ1n) is 6.85. The highest BCUT2D eigenvalue weighted by Gasteiger charge is 2.14. The Kier molecular flexibility index (Phi) is 6.12. The van der Waals surface area contributed by atoms with Gasteiger partial charge in [-0.2, -0.15) is 0 Å². The largest absolute Gasteiger partial charge is 0.513 e. The van der Waals surface area contributed by atoms with Gasteiger partial charge in [0.2, 0.25) is 0 Å². The van der Waals surface area contributed by atoms with Crippen LogP contribution >= 0.6 is 34.2 Å². The zero-order valence-corrected chi connectivity index (χ0v) is 15.9. The molecule has 0 N–H and O–H groups in total. The highest BCUT2D eigenvalue weighted by atomic mass is 127. The average molecular weight is 447 g/mol. The van der Waals surface area contributed by atoms with E-state index in [0.29, 0.717) is 16.5 Å². The maximum Gasteiger partial charge on any atom is 0.513 e. The molecule has 0 aliphatic carbocycles. The van der Waals surface area contributed by atoms with Crippen molar-refractivity contribution < 1.29 is 19.0 Å². The second kappa shape index (κ2) is 7.88. The molecule has 0 radical (unpaired) electrons. The number of hydrogen-bond acceptors (Lipinski definition) is 4. The van der Waals surface area contributed by atoms with Crippen LogP contribution in [0.25, 0.3) is 0 Å². The molecule has 0 atom stereocenters. The number of carbonyl (C=O) groups is 1. The van der Waals surface area contributed by atoms with Crippen LogP contribution in [0, 0.1) is 17.4 Å². The van der Waals surface area contributed by atoms with Crippen LogP contribution in [0.4, 0.5) is 4.79 Å². The maximum absolute atomic E-state index is 11.3. The number of methoxy groups -OCH3 is 1. The molecule has 0 aromatic heterocycles. The lowest BCUT2D eigenvalue weighted by Crippen LogP contribution is -2.10. The van der Waals surface area contributed by atoms with E-state index in [0.717, 1.165) is 20.3 Å². The van der Waals surface area contributed by atoms with E-state index >= 15 is 0 Å². The van der Waals surface area contributed by atoms with Crippen molar-refractivity contribution in [1.29, 1.82) is 0 Å². The lowest BCUT2D eigenvalue weighted by Gasteiger charge is -2.14. The van der Waals surface area contributed by atoms with Gasteiger partial charge in [0.1, 0.15) is 18.1 Å². The summed E-state index contributed by atoms with van der Waals surface area (Å²) in [6.45, 7) is 4.22. The van der Waals surface area contributed by atoms with Crippen molar-refractivity contribution in [3.05, 3.63) is 55.6 Å². The molecule has 4 nitrogen and oxygen atoms in total. The van der Waals surface area contributed by atoms with Crippen LogP contribution in [0.5, 0.6) is 11.5 Å². The van der Waals surface area contributed by atoms with Crippen LogP contribution < -0.4 is 9.47 Å². The van der Waals surface area contributed by atoms with Crippen LogP contribution in [-0.4, -0.2) is 13.3 Å². The minimum atomic E-state index is -0.766. The van der Waals surface area contributed by atoms with Gasteiger partial charge in [0.05, 0.1) is 12.1 Å². The summed E-state index contributed by atoms with van der Waals surface area (Å²) in [4.78, 5) is 11.3. The monoisotopic (exact) mass is 446 g/mol. The number of benzene rings is 2. The third-order valence-corrected chi connectivity index (χ3v) is 4.66. The van der Waals surface area contributed by atoms with Crippen molar-refractivity contribution in [3.63, 3.8) is 0 Å². The van der Waals surface area contributed by atoms with Gasteiger partial charge in [-0.25, -0.2) is 4.79 Å². The summed E-state index contributed by atoms with van der Waals surface area (Å²) in [5.41, 5.74) is 2.96. The van der Waals surface area contributed by atoms with E-state index in [2.05, 4.69) is 27.3 Å². The lowest BCUT2D eigenvalue weighted by atomic mass is 10.1. The van der Waals surface area contributed by atoms with Gasteiger partial charge >= 0.3 is 6.16 Å². The van der Waals surface area contributed by atoms with Crippen molar-refractivity contribution in [3.8, 4) is 11.5 Å². The Labute approximate surface area is 153 Å². The molecule has 0 bridgehead atoms. The molecule has 2 rings (SSSR count). The Morgan fingerprint density at radius 3 is 2.57 bits per heavy atom. The van der Waals surface area contributed by atoms with E-state index in [4.69, 9.17) is 21.1 Å². The average Bonchev–Trinajstić information content (AvgIpc) is 2.51. The molecule has 0 amide bonds. The van der Waals surface area contributed by atoms with E-state index in [1.807, 2.05) is 32.0 Å². The minimum Gasteiger partial charge on any atom is -0.487 e. The van der Waals surface area contributed by atoms with Gasteiger partial charge in [0.25, 0.3) is 0 Å². The number of ether oxygens (including phenoxy) is 3. The summed E-state index contributed by atoms with van der Waals surface area (Å²) < 4.78 is 16.4. The van der Waals surface area contributed by atoms with Crippen LogP contribution in [0.1, 0.15) is 16.7 Å². The lowest BCUT2D eigenvalue weighted by molar-refractivity contribution is 0.120. The quantitative estimate of drug-likeness (QED) is 0.364. The predicted molar refractivity (Wildman–Crippen MR) is 97.5 cm³/mol. The van der Waals surface area contributed by atoms with E-state index in [1.165, 1.54) is 7.11 Å². The van der Waals surface area contributed by atoms with Crippen LogP contribution in [-0.2, 0) is 11.3 Å². The molecule has 0 aliphatic rings. The second-order valence-corrected chi connectivity index (χ2v) is 6.50. The molecular formula is C17H16ClIO4. The third kappa shape index (κ3) is 4.51. The van der Waals surface area contributed by atoms with E-state index in [1.54, 1.807) is 12.1 Å². The fraction of sp³-hybridized carbons (Fsp3) is 0.235. The van der Waals surface area contributed by atoms with Crippen molar-refractivity contribution in [2.24, 2.45) is 0 Å². The second-order valence-electron chi connectivity index (χ2n) is 4.93. The van der Waals surface area contributed by atoms with Gasteiger partial charge < -0.3 is 14.2 Å². The van der Waals surface area contributed by atoms with Gasteiger partial charge in [-0.15, -0.1) is 0 Å². The van der Waals surface area contributed by atoms with Gasteiger partial charge in [-0.05, 0) is 71.8 Å². The van der Waals surface area contributed by atoms with Crippen molar-refractivity contribution in [2.45, 2.75) is 20.5 Å². The van der Waals surface area contributed by atoms with Crippen LogP contribution in [0.2, 0.25) is 5.02 Å². The molecule has 23 heavy (non-hydrogen) atoms. The summed E-state index contributed by atoms with van der Waals surface area (Å²) in [6.07, 6.45) is -0.766. The van der Waals surface area contributed by atoms with Crippen molar-refractivity contribution >= 4 is 40.3 Å². The predicted octanol–water partition coefficient (Wildman–Crippen LogP) is 5.29. The van der Waals surface area contributed by atoms with Gasteiger partial charge in [-0.1, -0.05) is 17.7 Å². The topological polar surface area (TPSA) is 44.8 Å². The Balaban J connectivity index is 2.23. The number of aryl methyl sites for hydroxylation is 2. The Bertz CT molecular complexity index is 731. The van der Waals surface area contributed by atoms with E-state index in [9.17, 15) is 4.79 Å². The molecular weight excluding hydrogens is 431 g/mol. The normalized spacial score (nSPS) is 10.3. The standard InChI is InChI=1S/C17H16ClIO4/c1-10-7-13(18)16(8-11(10)2)22-9-12-14(19)5-4-6-15(12)23-17(20)21-3/h4-8H,9H2,1-3H3. The van der Waals surface area contributed by atoms with E-state index in [-0.39, 0.29) is 6.61 Å². The summed E-state index contributed by atoms with van der Waals surface area (Å²) >= 11 is 8.38. The first-order valence-corrected chi connectivity index (χ1v) is 8.30. The number of carbonyl (C=O) groups excluding carboxylic acids is 1. The number of halogens is 2. The molecule has 0 heterocycles. The SMILES string of the molecule is COC(=O)Oc1cccc(I)c1COc1cc(C)c(C)cc1Cl. The first kappa shape index (κ1) is 17.9. The summed E-state index contributed by atoms with van der Waals surface area (Å²) in [5, 5.41) is 0.550. The molecule has 2 aromatic rings. The molecule has 6 heteroatoms. The fourth-order valence-corrected chi connectivity index (χ4v) is 2.82. The smallest absolute Gasteiger partial charge is 0.487 e. The van der Waals surface area contributed by atoms with Gasteiger partial charge in [-0.3, -0.25) is 0 Å². The molecule has 2 aromatic carbocycles. The van der Waals surface area contributed by atoms with Crippen molar-refractivity contribution in [2.75, 3.05) is 7.11 Å². The zero-order chi connectivity index (χ0) is 17.0. The Morgan fingerprint density at radius 2 is 1.87 bits per heavy atom. The van der Waals surface area contributed by atoms with Gasteiger partial charge in [0.15, 0.2) is 0 Å². The van der Waals surface area contributed by atoms with Gasteiger partial charge in [0, 0.05) is 9.13 Å². The number of rotatable bonds is 4. The molecule has 0 unspecified atom stereocenters. The molecule has 122 valence electrons. The Morgan fingerprint density at radius 1 is 1.17 bits per heavy atom. The maximum atomic E-state index is 11.3. The first-order chi connectivity index (χ1) is 10.9. The molecule has 0 spiro atoms. The van der Waals surface area contributed by atoms with Crippen molar-refractivity contribution in [1.82, 2.24) is 0 Å². The Hall–Kier alpha value is -1.47. The minimum absolute atomic E-state index is 0.230. The van der Waals surface area contributed by atoms with Crippen LogP contribution in [0.3, 0.4) is 0 Å². The summed E-state index contributed by atoms with van der Waals surface area (Å²) in [7, 11) is 1.27.